The lowest BCUT2D eigenvalue weighted by Crippen LogP contribution is -2.36. The number of carbonyl (C=O) groups is 1. The fourth-order valence-corrected chi connectivity index (χ4v) is 1.73. The number of para-hydroxylation sites is 1. The minimum Gasteiger partial charge on any atom is -0.455 e. The second-order valence-corrected chi connectivity index (χ2v) is 4.25. The highest BCUT2D eigenvalue weighted by molar-refractivity contribution is 5.82. The molecule has 2 aromatic rings. The molecule has 1 aromatic carbocycles. The van der Waals surface area contributed by atoms with E-state index in [0.29, 0.717) is 11.2 Å². The van der Waals surface area contributed by atoms with Crippen molar-refractivity contribution in [1.82, 2.24) is 10.2 Å². The molecule has 2 rings (SSSR count). The van der Waals surface area contributed by atoms with E-state index in [4.69, 9.17) is 5.73 Å². The number of halogens is 3. The second-order valence-electron chi connectivity index (χ2n) is 4.25. The minimum atomic E-state index is -4.56. The number of nitrogens with one attached hydrogen (secondary N) is 1. The Bertz CT molecular complexity index is 609. The number of nitrogens with two attached hydrogens (primary N) is 1. The Morgan fingerprint density at radius 3 is 2.80 bits per heavy atom. The van der Waals surface area contributed by atoms with E-state index in [1.165, 1.54) is 0 Å². The van der Waals surface area contributed by atoms with Gasteiger partial charge in [-0.1, -0.05) is 18.2 Å². The standard InChI is InChI=1S/C12H12F3N3O2/c13-12(14,15)6-20-11(19)8(16)5-10-7-3-1-2-4-9(7)17-18-10/h1-4,8H,5-6,16H2,(H,17,18)/t8-/m0/s1. The molecule has 3 N–H and O–H groups in total. The van der Waals surface area contributed by atoms with Crippen LogP contribution in [0.5, 0.6) is 0 Å². The number of nitrogens with zero attached hydrogens (tertiary/aromatic N) is 1. The SMILES string of the molecule is N[C@@H](Cc1[nH]nc2ccccc12)C(=O)OCC(F)(F)F. The van der Waals surface area contributed by atoms with Gasteiger partial charge < -0.3 is 10.5 Å². The Balaban J connectivity index is 2.00. The van der Waals surface area contributed by atoms with E-state index >= 15 is 0 Å². The van der Waals surface area contributed by atoms with Crippen LogP contribution in [0.4, 0.5) is 13.2 Å². The van der Waals surface area contributed by atoms with Crippen LogP contribution in [0.15, 0.2) is 24.3 Å². The average Bonchev–Trinajstić information content (AvgIpc) is 2.78. The molecule has 0 aliphatic rings. The van der Waals surface area contributed by atoms with Gasteiger partial charge in [0.15, 0.2) is 6.61 Å². The summed E-state index contributed by atoms with van der Waals surface area (Å²) in [5.41, 5.74) is 6.81. The third-order valence-electron chi connectivity index (χ3n) is 2.65. The molecule has 0 amide bonds. The third kappa shape index (κ3) is 3.47. The van der Waals surface area contributed by atoms with Crippen LogP contribution in [0.3, 0.4) is 0 Å². The Morgan fingerprint density at radius 1 is 1.40 bits per heavy atom. The molecular weight excluding hydrogens is 275 g/mol. The van der Waals surface area contributed by atoms with Gasteiger partial charge >= 0.3 is 12.1 Å². The number of hydrogen-bond acceptors (Lipinski definition) is 4. The highest BCUT2D eigenvalue weighted by atomic mass is 19.4. The van der Waals surface area contributed by atoms with Crippen molar-refractivity contribution < 1.29 is 22.7 Å². The summed E-state index contributed by atoms with van der Waals surface area (Å²) < 4.78 is 39.9. The molecule has 5 nitrogen and oxygen atoms in total. The summed E-state index contributed by atoms with van der Waals surface area (Å²) in [5, 5.41) is 7.49. The fraction of sp³-hybridized carbons (Fsp3) is 0.333. The highest BCUT2D eigenvalue weighted by Crippen LogP contribution is 2.17. The van der Waals surface area contributed by atoms with Crippen LogP contribution in [0.25, 0.3) is 10.9 Å². The molecule has 0 spiro atoms. The van der Waals surface area contributed by atoms with E-state index in [1.54, 1.807) is 24.3 Å². The van der Waals surface area contributed by atoms with Crippen molar-refractivity contribution in [1.29, 1.82) is 0 Å². The van der Waals surface area contributed by atoms with E-state index < -0.39 is 24.8 Å². The smallest absolute Gasteiger partial charge is 0.422 e. The Morgan fingerprint density at radius 2 is 2.10 bits per heavy atom. The van der Waals surface area contributed by atoms with Gasteiger partial charge in [0.1, 0.15) is 6.04 Å². The molecule has 0 bridgehead atoms. The lowest BCUT2D eigenvalue weighted by molar-refractivity contribution is -0.187. The van der Waals surface area contributed by atoms with Gasteiger partial charge in [-0.15, -0.1) is 0 Å². The van der Waals surface area contributed by atoms with Crippen molar-refractivity contribution in [3.8, 4) is 0 Å². The summed E-state index contributed by atoms with van der Waals surface area (Å²) in [6, 6.07) is 5.95. The first-order valence-corrected chi connectivity index (χ1v) is 5.78. The minimum absolute atomic E-state index is 0.0250. The topological polar surface area (TPSA) is 81.0 Å². The number of aromatic nitrogens is 2. The largest absolute Gasteiger partial charge is 0.455 e. The third-order valence-corrected chi connectivity index (χ3v) is 2.65. The van der Waals surface area contributed by atoms with Crippen molar-refractivity contribution in [2.75, 3.05) is 6.61 Å². The van der Waals surface area contributed by atoms with Gasteiger partial charge in [-0.2, -0.15) is 18.3 Å². The first kappa shape index (κ1) is 14.3. The van der Waals surface area contributed by atoms with E-state index in [2.05, 4.69) is 14.9 Å². The molecule has 1 atom stereocenters. The molecule has 0 saturated carbocycles. The monoisotopic (exact) mass is 287 g/mol. The second kappa shape index (κ2) is 5.49. The zero-order valence-corrected chi connectivity index (χ0v) is 10.3. The van der Waals surface area contributed by atoms with E-state index in [-0.39, 0.29) is 6.42 Å². The zero-order chi connectivity index (χ0) is 14.8. The molecule has 0 radical (unpaired) electrons. The molecule has 8 heteroatoms. The summed E-state index contributed by atoms with van der Waals surface area (Å²) in [5.74, 6) is -1.10. The van der Waals surface area contributed by atoms with Gasteiger partial charge in [-0.05, 0) is 6.07 Å². The van der Waals surface area contributed by atoms with Gasteiger partial charge in [0, 0.05) is 17.5 Å². The summed E-state index contributed by atoms with van der Waals surface area (Å²) in [6.45, 7) is -1.64. The number of alkyl halides is 3. The fourth-order valence-electron chi connectivity index (χ4n) is 1.73. The van der Waals surface area contributed by atoms with Gasteiger partial charge in [0.05, 0.1) is 5.52 Å². The van der Waals surface area contributed by atoms with Crippen LogP contribution in [0, 0.1) is 0 Å². The van der Waals surface area contributed by atoms with Gasteiger partial charge in [0.2, 0.25) is 0 Å². The molecular formula is C12H12F3N3O2. The number of aromatic amines is 1. The van der Waals surface area contributed by atoms with Crippen LogP contribution >= 0.6 is 0 Å². The number of fused-ring (bicyclic) bond motifs is 1. The Hall–Kier alpha value is -2.09. The summed E-state index contributed by atoms with van der Waals surface area (Å²) in [6.07, 6.45) is -4.53. The maximum Gasteiger partial charge on any atom is 0.422 e. The van der Waals surface area contributed by atoms with Gasteiger partial charge in [0.25, 0.3) is 0 Å². The molecule has 0 aliphatic carbocycles. The predicted molar refractivity (Wildman–Crippen MR) is 64.8 cm³/mol. The maximum atomic E-state index is 11.9. The van der Waals surface area contributed by atoms with Crippen LogP contribution in [-0.2, 0) is 16.0 Å². The number of esters is 1. The molecule has 0 saturated heterocycles. The lowest BCUT2D eigenvalue weighted by atomic mass is 10.1. The van der Waals surface area contributed by atoms with Crippen LogP contribution in [-0.4, -0.2) is 35.0 Å². The number of benzene rings is 1. The van der Waals surface area contributed by atoms with E-state index in [1.807, 2.05) is 0 Å². The lowest BCUT2D eigenvalue weighted by Gasteiger charge is -2.12. The van der Waals surface area contributed by atoms with Crippen molar-refractivity contribution in [2.45, 2.75) is 18.6 Å². The van der Waals surface area contributed by atoms with Crippen LogP contribution < -0.4 is 5.73 Å². The first-order valence-electron chi connectivity index (χ1n) is 5.78. The zero-order valence-electron chi connectivity index (χ0n) is 10.3. The first-order chi connectivity index (χ1) is 9.37. The molecule has 0 fully saturated rings. The van der Waals surface area contributed by atoms with Crippen molar-refractivity contribution >= 4 is 16.9 Å². The Labute approximate surface area is 111 Å². The summed E-state index contributed by atoms with van der Waals surface area (Å²) >= 11 is 0. The molecule has 108 valence electrons. The number of H-pyrrole nitrogens is 1. The number of ether oxygens (including phenoxy) is 1. The van der Waals surface area contributed by atoms with Gasteiger partial charge in [-0.25, -0.2) is 0 Å². The van der Waals surface area contributed by atoms with Crippen LogP contribution in [0.2, 0.25) is 0 Å². The maximum absolute atomic E-state index is 11.9. The molecule has 1 aromatic heterocycles. The van der Waals surface area contributed by atoms with E-state index in [0.717, 1.165) is 5.39 Å². The van der Waals surface area contributed by atoms with Crippen molar-refractivity contribution in [3.63, 3.8) is 0 Å². The molecule has 1 heterocycles. The average molecular weight is 287 g/mol. The number of hydrogen-bond donors (Lipinski definition) is 2. The summed E-state index contributed by atoms with van der Waals surface area (Å²) in [4.78, 5) is 11.4. The summed E-state index contributed by atoms with van der Waals surface area (Å²) in [7, 11) is 0. The van der Waals surface area contributed by atoms with E-state index in [9.17, 15) is 18.0 Å². The van der Waals surface area contributed by atoms with Crippen molar-refractivity contribution in [2.24, 2.45) is 5.73 Å². The predicted octanol–water partition coefficient (Wildman–Crippen LogP) is 1.54. The molecule has 0 aliphatic heterocycles. The van der Waals surface area contributed by atoms with Crippen LogP contribution in [0.1, 0.15) is 5.69 Å². The Kier molecular flexibility index (Phi) is 3.93. The molecule has 0 unspecified atom stereocenters. The van der Waals surface area contributed by atoms with Crippen molar-refractivity contribution in [3.05, 3.63) is 30.0 Å². The highest BCUT2D eigenvalue weighted by Gasteiger charge is 2.31. The molecule has 20 heavy (non-hydrogen) atoms. The van der Waals surface area contributed by atoms with Gasteiger partial charge in [-0.3, -0.25) is 9.89 Å². The number of rotatable bonds is 4. The normalized spacial score (nSPS) is 13.4. The quantitative estimate of drug-likeness (QED) is 0.836. The number of carbonyl (C=O) groups excluding carboxylic acids is 1.